The van der Waals surface area contributed by atoms with Gasteiger partial charge >= 0.3 is 0 Å². The largest absolute Gasteiger partial charge is 0.396 e. The molecule has 2 unspecified atom stereocenters. The van der Waals surface area contributed by atoms with E-state index < -0.39 is 11.1 Å². The van der Waals surface area contributed by atoms with E-state index in [1.165, 1.54) is 0 Å². The van der Waals surface area contributed by atoms with E-state index in [0.29, 0.717) is 12.8 Å². The van der Waals surface area contributed by atoms with Crippen molar-refractivity contribution in [3.05, 3.63) is 82.9 Å². The van der Waals surface area contributed by atoms with E-state index in [1.54, 1.807) is 0 Å². The summed E-state index contributed by atoms with van der Waals surface area (Å²) in [6.45, 7) is 4.25. The zero-order valence-electron chi connectivity index (χ0n) is 18.4. The zero-order chi connectivity index (χ0) is 21.8. The second-order valence-corrected chi connectivity index (χ2v) is 8.45. The summed E-state index contributed by atoms with van der Waals surface area (Å²) in [6.07, 6.45) is 5.93. The Morgan fingerprint density at radius 2 is 1.77 bits per heavy atom. The fourth-order valence-corrected chi connectivity index (χ4v) is 4.28. The molecule has 1 aliphatic heterocycles. The summed E-state index contributed by atoms with van der Waals surface area (Å²) in [4.78, 5) is 20.4. The molecule has 0 aliphatic carbocycles. The molecule has 1 aliphatic rings. The Morgan fingerprint density at radius 3 is 2.33 bits per heavy atom. The number of hydrogen-bond acceptors (Lipinski definition) is 4. The van der Waals surface area contributed by atoms with Crippen LogP contribution in [0.4, 0.5) is 0 Å². The van der Waals surface area contributed by atoms with Crippen molar-refractivity contribution in [1.82, 2.24) is 4.90 Å². The molecular formula is C26H32N2O2. The van der Waals surface area contributed by atoms with E-state index in [9.17, 15) is 9.90 Å². The van der Waals surface area contributed by atoms with E-state index in [1.807, 2.05) is 62.8 Å². The number of aliphatic hydroxyl groups is 1. The standard InChI is InChI=1S/C26H32N2O2/c1-5-26(28(3)4,18-20-9-7-6-8-10-20)24(30)22-11-13-23(14-12-22)25(2)17-21(15-16-29)19-27-25/h6-14,17,19,29H,5,15-16,18H2,1-4H3. The Morgan fingerprint density at radius 1 is 1.10 bits per heavy atom. The smallest absolute Gasteiger partial charge is 0.183 e. The average molecular weight is 405 g/mol. The number of aliphatic imine (C=N–C) groups is 1. The Bertz CT molecular complexity index is 931. The fourth-order valence-electron chi connectivity index (χ4n) is 4.28. The molecule has 3 rings (SSSR count). The van der Waals surface area contributed by atoms with Gasteiger partial charge in [-0.05, 0) is 63.1 Å². The maximum Gasteiger partial charge on any atom is 0.183 e. The van der Waals surface area contributed by atoms with E-state index in [2.05, 4.69) is 41.9 Å². The molecule has 30 heavy (non-hydrogen) atoms. The fraction of sp³-hybridized carbons (Fsp3) is 0.385. The summed E-state index contributed by atoms with van der Waals surface area (Å²) >= 11 is 0. The Labute approximate surface area is 180 Å². The highest BCUT2D eigenvalue weighted by Gasteiger charge is 2.39. The highest BCUT2D eigenvalue weighted by atomic mass is 16.3. The zero-order valence-corrected chi connectivity index (χ0v) is 18.4. The third-order valence-corrected chi connectivity index (χ3v) is 6.30. The van der Waals surface area contributed by atoms with Crippen LogP contribution in [-0.2, 0) is 12.0 Å². The molecule has 0 saturated carbocycles. The molecule has 4 heteroatoms. The number of rotatable bonds is 9. The van der Waals surface area contributed by atoms with Crippen molar-refractivity contribution in [2.24, 2.45) is 4.99 Å². The van der Waals surface area contributed by atoms with Crippen molar-refractivity contribution in [2.45, 2.75) is 44.2 Å². The second kappa shape index (κ2) is 9.07. The highest BCUT2D eigenvalue weighted by molar-refractivity contribution is 6.03. The number of hydrogen-bond donors (Lipinski definition) is 1. The van der Waals surface area contributed by atoms with Gasteiger partial charge in [0.15, 0.2) is 5.78 Å². The molecule has 4 nitrogen and oxygen atoms in total. The van der Waals surface area contributed by atoms with Crippen LogP contribution in [0.1, 0.15) is 48.2 Å². The van der Waals surface area contributed by atoms with Gasteiger partial charge in [-0.1, -0.05) is 61.5 Å². The van der Waals surface area contributed by atoms with Crippen molar-refractivity contribution in [2.75, 3.05) is 20.7 Å². The number of carbonyl (C=O) groups is 1. The molecule has 158 valence electrons. The molecule has 2 atom stereocenters. The molecule has 2 aromatic carbocycles. The van der Waals surface area contributed by atoms with Crippen LogP contribution in [0.5, 0.6) is 0 Å². The van der Waals surface area contributed by atoms with Gasteiger partial charge in [0.2, 0.25) is 0 Å². The molecule has 0 saturated heterocycles. The number of ketones is 1. The summed E-state index contributed by atoms with van der Waals surface area (Å²) in [5.41, 5.74) is 2.92. The van der Waals surface area contributed by atoms with E-state index in [-0.39, 0.29) is 12.4 Å². The predicted molar refractivity (Wildman–Crippen MR) is 123 cm³/mol. The lowest BCUT2D eigenvalue weighted by Gasteiger charge is -2.38. The normalized spacial score (nSPS) is 20.3. The van der Waals surface area contributed by atoms with Gasteiger partial charge in [0, 0.05) is 18.4 Å². The lowest BCUT2D eigenvalue weighted by Crippen LogP contribution is -2.52. The van der Waals surface area contributed by atoms with Gasteiger partial charge in [0.25, 0.3) is 0 Å². The van der Waals surface area contributed by atoms with Crippen LogP contribution in [0.15, 0.2) is 71.2 Å². The summed E-state index contributed by atoms with van der Waals surface area (Å²) in [5, 5.41) is 9.17. The number of nitrogens with zero attached hydrogens (tertiary/aromatic N) is 2. The van der Waals surface area contributed by atoms with Gasteiger partial charge in [0.05, 0.1) is 5.54 Å². The molecule has 0 spiro atoms. The highest BCUT2D eigenvalue weighted by Crippen LogP contribution is 2.34. The minimum atomic E-state index is -0.591. The van der Waals surface area contributed by atoms with E-state index in [0.717, 1.165) is 28.7 Å². The van der Waals surface area contributed by atoms with Gasteiger partial charge in [-0.25, -0.2) is 0 Å². The van der Waals surface area contributed by atoms with Crippen molar-refractivity contribution >= 4 is 12.0 Å². The number of benzene rings is 2. The Hall–Kier alpha value is -2.56. The number of Topliss-reactive ketones (excluding diaryl/α,β-unsaturated/α-hetero) is 1. The molecule has 0 aromatic heterocycles. The molecular weight excluding hydrogens is 372 g/mol. The molecule has 0 fully saturated rings. The van der Waals surface area contributed by atoms with Gasteiger partial charge in [0.1, 0.15) is 5.54 Å². The molecule has 0 radical (unpaired) electrons. The van der Waals surface area contributed by atoms with Crippen LogP contribution in [-0.4, -0.2) is 48.2 Å². The van der Waals surface area contributed by atoms with Crippen LogP contribution >= 0.6 is 0 Å². The van der Waals surface area contributed by atoms with Crippen LogP contribution in [0, 0.1) is 0 Å². The number of likely N-dealkylation sites (N-methyl/N-ethyl adjacent to an activating group) is 1. The SMILES string of the molecule is CCC(Cc1ccccc1)(C(=O)c1ccc(C2(C)C=C(CCO)C=N2)cc1)N(C)C. The lowest BCUT2D eigenvalue weighted by atomic mass is 9.79. The molecule has 0 amide bonds. The lowest BCUT2D eigenvalue weighted by molar-refractivity contribution is 0.0666. The summed E-state index contributed by atoms with van der Waals surface area (Å²) < 4.78 is 0. The second-order valence-electron chi connectivity index (χ2n) is 8.45. The first-order valence-corrected chi connectivity index (χ1v) is 10.6. The summed E-state index contributed by atoms with van der Waals surface area (Å²) in [7, 11) is 3.97. The maximum absolute atomic E-state index is 13.7. The minimum Gasteiger partial charge on any atom is -0.396 e. The van der Waals surface area contributed by atoms with E-state index in [4.69, 9.17) is 0 Å². The summed E-state index contributed by atoms with van der Waals surface area (Å²) in [5.74, 6) is 0.141. The molecule has 1 N–H and O–H groups in total. The van der Waals surface area contributed by atoms with Crippen molar-refractivity contribution in [1.29, 1.82) is 0 Å². The Kier molecular flexibility index (Phi) is 6.69. The van der Waals surface area contributed by atoms with Crippen molar-refractivity contribution in [3.8, 4) is 0 Å². The third-order valence-electron chi connectivity index (χ3n) is 6.30. The first-order chi connectivity index (χ1) is 14.3. The van der Waals surface area contributed by atoms with Crippen LogP contribution in [0.3, 0.4) is 0 Å². The first-order valence-electron chi connectivity index (χ1n) is 10.6. The molecule has 1 heterocycles. The topological polar surface area (TPSA) is 52.9 Å². The third kappa shape index (κ3) is 4.30. The van der Waals surface area contributed by atoms with Gasteiger partial charge < -0.3 is 5.11 Å². The summed E-state index contributed by atoms with van der Waals surface area (Å²) in [6, 6.07) is 18.1. The van der Waals surface area contributed by atoms with Gasteiger partial charge in [-0.3, -0.25) is 14.7 Å². The molecule has 2 aromatic rings. The Balaban J connectivity index is 1.89. The quantitative estimate of drug-likeness (QED) is 0.629. The molecule has 0 bridgehead atoms. The van der Waals surface area contributed by atoms with Crippen LogP contribution in [0.25, 0.3) is 0 Å². The average Bonchev–Trinajstić information content (AvgIpc) is 3.14. The van der Waals surface area contributed by atoms with Crippen LogP contribution in [0.2, 0.25) is 0 Å². The first kappa shape index (κ1) is 22.1. The predicted octanol–water partition coefficient (Wildman–Crippen LogP) is 4.43. The maximum atomic E-state index is 13.7. The number of aliphatic hydroxyl groups excluding tert-OH is 1. The monoisotopic (exact) mass is 404 g/mol. The minimum absolute atomic E-state index is 0.117. The van der Waals surface area contributed by atoms with Crippen molar-refractivity contribution < 1.29 is 9.90 Å². The van der Waals surface area contributed by atoms with E-state index >= 15 is 0 Å². The van der Waals surface area contributed by atoms with Gasteiger partial charge in [-0.15, -0.1) is 0 Å². The number of carbonyl (C=O) groups excluding carboxylic acids is 1. The van der Waals surface area contributed by atoms with Crippen molar-refractivity contribution in [3.63, 3.8) is 0 Å². The van der Waals surface area contributed by atoms with Gasteiger partial charge in [-0.2, -0.15) is 0 Å². The van der Waals surface area contributed by atoms with Crippen LogP contribution < -0.4 is 0 Å².